The molecule has 2 aromatic rings. The van der Waals surface area contributed by atoms with Gasteiger partial charge in [-0.2, -0.15) is 0 Å². The zero-order valence-electron chi connectivity index (χ0n) is 13.8. The first kappa shape index (κ1) is 15.6. The van der Waals surface area contributed by atoms with Gasteiger partial charge in [-0.05, 0) is 20.3 Å². The van der Waals surface area contributed by atoms with Gasteiger partial charge in [-0.25, -0.2) is 9.97 Å². The summed E-state index contributed by atoms with van der Waals surface area (Å²) >= 11 is 0. The second-order valence-corrected chi connectivity index (χ2v) is 6.14. The van der Waals surface area contributed by atoms with E-state index in [1.807, 2.05) is 12.5 Å². The lowest BCUT2D eigenvalue weighted by Gasteiger charge is -2.12. The van der Waals surface area contributed by atoms with Crippen molar-refractivity contribution in [2.75, 3.05) is 5.73 Å². The van der Waals surface area contributed by atoms with Gasteiger partial charge in [-0.1, -0.05) is 27.2 Å². The van der Waals surface area contributed by atoms with Gasteiger partial charge in [0, 0.05) is 18.5 Å². The highest BCUT2D eigenvalue weighted by Crippen LogP contribution is 2.30. The average molecular weight is 289 g/mol. The molecule has 0 amide bonds. The largest absolute Gasteiger partial charge is 0.383 e. The molecule has 0 aliphatic heterocycles. The van der Waals surface area contributed by atoms with E-state index >= 15 is 0 Å². The summed E-state index contributed by atoms with van der Waals surface area (Å²) in [6.45, 7) is 11.7. The van der Waals surface area contributed by atoms with Crippen molar-refractivity contribution in [1.82, 2.24) is 19.1 Å². The maximum atomic E-state index is 6.40. The number of nitrogen functional groups attached to an aromatic ring is 1. The number of aromatic nitrogens is 4. The van der Waals surface area contributed by atoms with E-state index in [-0.39, 0.29) is 0 Å². The number of imidazole rings is 2. The van der Waals surface area contributed by atoms with Crippen molar-refractivity contribution in [1.29, 1.82) is 0 Å². The molecule has 0 radical (unpaired) electrons. The zero-order valence-corrected chi connectivity index (χ0v) is 13.8. The Morgan fingerprint density at radius 1 is 1.24 bits per heavy atom. The molecule has 0 saturated carbocycles. The van der Waals surface area contributed by atoms with Crippen LogP contribution in [-0.4, -0.2) is 19.1 Å². The molecule has 2 rings (SSSR count). The first-order valence-corrected chi connectivity index (χ1v) is 7.85. The molecule has 2 heterocycles. The highest BCUT2D eigenvalue weighted by Gasteiger charge is 2.20. The predicted molar refractivity (Wildman–Crippen MR) is 87.2 cm³/mol. The molecule has 0 unspecified atom stereocenters. The highest BCUT2D eigenvalue weighted by atomic mass is 15.2. The first-order chi connectivity index (χ1) is 9.97. The molecule has 2 N–H and O–H groups in total. The fourth-order valence-corrected chi connectivity index (χ4v) is 2.56. The summed E-state index contributed by atoms with van der Waals surface area (Å²) < 4.78 is 4.29. The highest BCUT2D eigenvalue weighted by molar-refractivity contribution is 5.68. The molecule has 0 saturated heterocycles. The molecule has 0 aliphatic carbocycles. The third kappa shape index (κ3) is 2.96. The standard InChI is InChI=1S/C16H27N5/c1-6-7-8-20-15(17)14(19-16(20)11(2)3)13-9-18-10-21(13)12(4)5/h9-12H,6-8,17H2,1-5H3. The molecule has 5 heteroatoms. The minimum atomic E-state index is 0.338. The van der Waals surface area contributed by atoms with Gasteiger partial charge < -0.3 is 14.9 Å². The summed E-state index contributed by atoms with van der Waals surface area (Å²) in [4.78, 5) is 9.09. The van der Waals surface area contributed by atoms with Gasteiger partial charge in [0.15, 0.2) is 0 Å². The van der Waals surface area contributed by atoms with Crippen LogP contribution in [0.3, 0.4) is 0 Å². The second kappa shape index (κ2) is 6.33. The van der Waals surface area contributed by atoms with Crippen LogP contribution in [0, 0.1) is 0 Å². The Bertz CT molecular complexity index is 592. The number of unbranched alkanes of at least 4 members (excludes halogenated alkanes) is 1. The minimum Gasteiger partial charge on any atom is -0.383 e. The number of hydrogen-bond acceptors (Lipinski definition) is 3. The lowest BCUT2D eigenvalue weighted by molar-refractivity contribution is 0.588. The van der Waals surface area contributed by atoms with E-state index in [1.54, 1.807) is 0 Å². The van der Waals surface area contributed by atoms with Crippen LogP contribution in [0.5, 0.6) is 0 Å². The average Bonchev–Trinajstić information content (AvgIpc) is 3.01. The lowest BCUT2D eigenvalue weighted by atomic mass is 10.2. The van der Waals surface area contributed by atoms with E-state index in [0.29, 0.717) is 12.0 Å². The monoisotopic (exact) mass is 289 g/mol. The van der Waals surface area contributed by atoms with E-state index in [0.717, 1.165) is 42.4 Å². The Labute approximate surface area is 127 Å². The van der Waals surface area contributed by atoms with Crippen LogP contribution in [0.4, 0.5) is 5.82 Å². The van der Waals surface area contributed by atoms with E-state index in [9.17, 15) is 0 Å². The molecule has 2 aromatic heterocycles. The van der Waals surface area contributed by atoms with Crippen molar-refractivity contribution < 1.29 is 0 Å². The van der Waals surface area contributed by atoms with E-state index in [4.69, 9.17) is 10.7 Å². The Kier molecular flexibility index (Phi) is 4.70. The van der Waals surface area contributed by atoms with Crippen LogP contribution in [0.2, 0.25) is 0 Å². The third-order valence-electron chi connectivity index (χ3n) is 3.75. The molecular weight excluding hydrogens is 262 g/mol. The first-order valence-electron chi connectivity index (χ1n) is 7.85. The lowest BCUT2D eigenvalue weighted by Crippen LogP contribution is -2.08. The van der Waals surface area contributed by atoms with E-state index < -0.39 is 0 Å². The summed E-state index contributed by atoms with van der Waals surface area (Å²) in [5.41, 5.74) is 8.26. The fourth-order valence-electron chi connectivity index (χ4n) is 2.56. The van der Waals surface area contributed by atoms with Crippen LogP contribution >= 0.6 is 0 Å². The van der Waals surface area contributed by atoms with Crippen molar-refractivity contribution in [2.24, 2.45) is 0 Å². The van der Waals surface area contributed by atoms with Crippen molar-refractivity contribution in [3.05, 3.63) is 18.3 Å². The molecule has 0 aliphatic rings. The predicted octanol–water partition coefficient (Wildman–Crippen LogP) is 3.83. The topological polar surface area (TPSA) is 61.7 Å². The van der Waals surface area contributed by atoms with Gasteiger partial charge in [0.1, 0.15) is 17.3 Å². The van der Waals surface area contributed by atoms with Crippen molar-refractivity contribution >= 4 is 5.82 Å². The molecule has 5 nitrogen and oxygen atoms in total. The van der Waals surface area contributed by atoms with Gasteiger partial charge in [0.25, 0.3) is 0 Å². The van der Waals surface area contributed by atoms with Gasteiger partial charge >= 0.3 is 0 Å². The quantitative estimate of drug-likeness (QED) is 0.879. The summed E-state index contributed by atoms with van der Waals surface area (Å²) in [6, 6.07) is 0.338. The van der Waals surface area contributed by atoms with Gasteiger partial charge in [-0.3, -0.25) is 0 Å². The zero-order chi connectivity index (χ0) is 15.6. The molecule has 116 valence electrons. The number of hydrogen-bond donors (Lipinski definition) is 1. The van der Waals surface area contributed by atoms with Crippen LogP contribution < -0.4 is 5.73 Å². The van der Waals surface area contributed by atoms with Crippen LogP contribution in [0.25, 0.3) is 11.4 Å². The molecular formula is C16H27N5. The summed E-state index contributed by atoms with van der Waals surface area (Å²) in [6.07, 6.45) is 5.96. The molecule has 0 atom stereocenters. The Morgan fingerprint density at radius 2 is 1.95 bits per heavy atom. The van der Waals surface area contributed by atoms with Gasteiger partial charge in [0.05, 0.1) is 18.2 Å². The summed E-state index contributed by atoms with van der Waals surface area (Å²) in [5.74, 6) is 2.18. The maximum Gasteiger partial charge on any atom is 0.133 e. The minimum absolute atomic E-state index is 0.338. The normalized spacial score (nSPS) is 11.8. The van der Waals surface area contributed by atoms with Crippen LogP contribution in [0.1, 0.15) is 65.2 Å². The Hall–Kier alpha value is -1.78. The van der Waals surface area contributed by atoms with Crippen LogP contribution in [-0.2, 0) is 6.54 Å². The van der Waals surface area contributed by atoms with E-state index in [1.165, 1.54) is 0 Å². The SMILES string of the molecule is CCCCn1c(C(C)C)nc(-c2cncn2C(C)C)c1N. The molecule has 0 bridgehead atoms. The van der Waals surface area contributed by atoms with Crippen LogP contribution in [0.15, 0.2) is 12.5 Å². The third-order valence-corrected chi connectivity index (χ3v) is 3.75. The Balaban J connectivity index is 2.52. The van der Waals surface area contributed by atoms with Crippen molar-refractivity contribution in [2.45, 2.75) is 66.0 Å². The van der Waals surface area contributed by atoms with E-state index in [2.05, 4.69) is 48.7 Å². The second-order valence-electron chi connectivity index (χ2n) is 6.14. The summed E-state index contributed by atoms with van der Waals surface area (Å²) in [5, 5.41) is 0. The fraction of sp³-hybridized carbons (Fsp3) is 0.625. The van der Waals surface area contributed by atoms with Crippen molar-refractivity contribution in [3.8, 4) is 11.4 Å². The van der Waals surface area contributed by atoms with Crippen molar-refractivity contribution in [3.63, 3.8) is 0 Å². The molecule has 0 fully saturated rings. The smallest absolute Gasteiger partial charge is 0.133 e. The number of nitrogens with zero attached hydrogens (tertiary/aromatic N) is 4. The molecule has 21 heavy (non-hydrogen) atoms. The number of nitrogens with two attached hydrogens (primary N) is 1. The summed E-state index contributed by atoms with van der Waals surface area (Å²) in [7, 11) is 0. The maximum absolute atomic E-state index is 6.40. The number of anilines is 1. The molecule has 0 spiro atoms. The Morgan fingerprint density at radius 3 is 2.52 bits per heavy atom. The van der Waals surface area contributed by atoms with Gasteiger partial charge in [-0.15, -0.1) is 0 Å². The van der Waals surface area contributed by atoms with Gasteiger partial charge in [0.2, 0.25) is 0 Å². The number of rotatable bonds is 6. The molecule has 0 aromatic carbocycles.